The van der Waals surface area contributed by atoms with Gasteiger partial charge in [0.05, 0.1) is 30.1 Å². The van der Waals surface area contributed by atoms with Crippen LogP contribution in [0.3, 0.4) is 0 Å². The number of benzene rings is 1. The number of anilines is 2. The number of likely N-dealkylation sites (N-methyl/N-ethyl adjacent to an activating group) is 1. The van der Waals surface area contributed by atoms with Crippen LogP contribution in [-0.4, -0.2) is 95.7 Å². The molecule has 230 valence electrons. The molecular weight excluding hydrogens is 532 g/mol. The van der Waals surface area contributed by atoms with E-state index in [1.165, 1.54) is 0 Å². The maximum atomic E-state index is 14.8. The van der Waals surface area contributed by atoms with Gasteiger partial charge in [0.25, 0.3) is 5.91 Å². The number of amides is 3. The summed E-state index contributed by atoms with van der Waals surface area (Å²) in [6.07, 6.45) is 4.35. The van der Waals surface area contributed by atoms with E-state index in [4.69, 9.17) is 4.74 Å². The normalized spacial score (nSPS) is 28.5. The van der Waals surface area contributed by atoms with E-state index in [2.05, 4.69) is 31.9 Å². The third-order valence-electron chi connectivity index (χ3n) is 9.68. The van der Waals surface area contributed by atoms with Crippen LogP contribution in [-0.2, 0) is 19.1 Å². The second-order valence-electron chi connectivity index (χ2n) is 12.4. The zero-order valence-corrected chi connectivity index (χ0v) is 26.1. The van der Waals surface area contributed by atoms with Crippen LogP contribution < -0.4 is 9.80 Å². The van der Waals surface area contributed by atoms with Crippen LogP contribution in [0.4, 0.5) is 11.4 Å². The lowest BCUT2D eigenvalue weighted by atomic mass is 9.66. The maximum absolute atomic E-state index is 14.8. The van der Waals surface area contributed by atoms with Gasteiger partial charge in [0.2, 0.25) is 11.8 Å². The van der Waals surface area contributed by atoms with Gasteiger partial charge in [0, 0.05) is 44.6 Å². The van der Waals surface area contributed by atoms with E-state index in [1.54, 1.807) is 33.9 Å². The van der Waals surface area contributed by atoms with Gasteiger partial charge in [-0.25, -0.2) is 0 Å². The Balaban J connectivity index is 1.82. The number of rotatable bonds is 13. The highest BCUT2D eigenvalue weighted by Crippen LogP contribution is 2.64. The van der Waals surface area contributed by atoms with Gasteiger partial charge in [-0.1, -0.05) is 26.0 Å². The molecule has 3 heterocycles. The largest absolute Gasteiger partial charge is 0.394 e. The lowest BCUT2D eigenvalue weighted by molar-refractivity contribution is -0.152. The second kappa shape index (κ2) is 12.2. The predicted molar refractivity (Wildman–Crippen MR) is 165 cm³/mol. The number of ether oxygens (including phenoxy) is 1. The number of nitrogens with zero attached hydrogens (tertiary/aromatic N) is 4. The average Bonchev–Trinajstić information content (AvgIpc) is 3.53. The van der Waals surface area contributed by atoms with Crippen LogP contribution in [0.5, 0.6) is 0 Å². The Bertz CT molecular complexity index is 1200. The highest BCUT2D eigenvalue weighted by molar-refractivity contribution is 6.05. The van der Waals surface area contributed by atoms with Gasteiger partial charge < -0.3 is 29.4 Å². The minimum absolute atomic E-state index is 0.129. The van der Waals surface area contributed by atoms with Gasteiger partial charge in [-0.2, -0.15) is 0 Å². The van der Waals surface area contributed by atoms with Crippen LogP contribution in [0.1, 0.15) is 47.5 Å². The smallest absolute Gasteiger partial charge is 0.253 e. The highest BCUT2D eigenvalue weighted by atomic mass is 16.5. The van der Waals surface area contributed by atoms with E-state index in [-0.39, 0.29) is 36.8 Å². The van der Waals surface area contributed by atoms with E-state index in [0.29, 0.717) is 25.1 Å². The average molecular weight is 581 g/mol. The minimum atomic E-state index is -1.18. The van der Waals surface area contributed by atoms with Crippen molar-refractivity contribution in [2.75, 3.05) is 49.6 Å². The second-order valence-corrected chi connectivity index (χ2v) is 12.4. The van der Waals surface area contributed by atoms with Crippen molar-refractivity contribution in [1.82, 2.24) is 9.80 Å². The molecule has 0 aromatic heterocycles. The molecule has 1 aromatic carbocycles. The fraction of sp³-hybridized carbons (Fsp3) is 0.606. The molecule has 3 aliphatic heterocycles. The summed E-state index contributed by atoms with van der Waals surface area (Å²) in [5.74, 6) is -2.48. The Morgan fingerprint density at radius 3 is 2.19 bits per heavy atom. The highest BCUT2D eigenvalue weighted by Gasteiger charge is 2.79. The first-order chi connectivity index (χ1) is 20.0. The molecule has 9 heteroatoms. The quantitative estimate of drug-likeness (QED) is 0.359. The van der Waals surface area contributed by atoms with Gasteiger partial charge in [-0.15, -0.1) is 13.2 Å². The van der Waals surface area contributed by atoms with Crippen molar-refractivity contribution in [3.63, 3.8) is 0 Å². The Kier molecular flexibility index (Phi) is 9.23. The molecule has 3 saturated heterocycles. The first-order valence-corrected chi connectivity index (χ1v) is 15.2. The van der Waals surface area contributed by atoms with Crippen molar-refractivity contribution in [2.45, 2.75) is 70.7 Å². The van der Waals surface area contributed by atoms with Gasteiger partial charge in [0.1, 0.15) is 11.6 Å². The van der Waals surface area contributed by atoms with Crippen molar-refractivity contribution >= 4 is 29.1 Å². The van der Waals surface area contributed by atoms with E-state index >= 15 is 0 Å². The van der Waals surface area contributed by atoms with Crippen molar-refractivity contribution in [1.29, 1.82) is 0 Å². The fourth-order valence-electron chi connectivity index (χ4n) is 7.55. The van der Waals surface area contributed by atoms with Crippen LogP contribution >= 0.6 is 0 Å². The zero-order chi connectivity index (χ0) is 31.0. The maximum Gasteiger partial charge on any atom is 0.253 e. The van der Waals surface area contributed by atoms with Gasteiger partial charge in [-0.05, 0) is 63.8 Å². The number of carbonyl (C=O) groups is 3. The van der Waals surface area contributed by atoms with Crippen LogP contribution in [0.15, 0.2) is 49.6 Å². The summed E-state index contributed by atoms with van der Waals surface area (Å²) in [5.41, 5.74) is -0.313. The first-order valence-electron chi connectivity index (χ1n) is 15.2. The van der Waals surface area contributed by atoms with E-state index in [0.717, 1.165) is 18.8 Å². The van der Waals surface area contributed by atoms with Gasteiger partial charge >= 0.3 is 0 Å². The molecule has 9 nitrogen and oxygen atoms in total. The Labute approximate surface area is 250 Å². The summed E-state index contributed by atoms with van der Waals surface area (Å²) in [6.45, 7) is 19.6. The Morgan fingerprint density at radius 2 is 1.67 bits per heavy atom. The topological polar surface area (TPSA) is 93.6 Å². The molecule has 6 atom stereocenters. The molecule has 42 heavy (non-hydrogen) atoms. The standard InChI is InChI=1S/C33H48N4O5/c1-9-19-34(8)29(39)26-27-30(40)37(25(21-38)22(5)6)28(33(27)18-17-32(26,7)42-33)31(41)36(20-10-2)24-15-13-23(14-16-24)35(11-3)12-4/h9-10,13-16,22,25-28,38H,1-2,11-12,17-21H2,3-8H3/t25-,26+,27-,28?,32-,33?/m0/s1. The van der Waals surface area contributed by atoms with Crippen LogP contribution in [0.2, 0.25) is 0 Å². The molecular formula is C33H48N4O5. The third-order valence-corrected chi connectivity index (χ3v) is 9.68. The molecule has 0 radical (unpaired) electrons. The molecule has 2 bridgehead atoms. The van der Waals surface area contributed by atoms with E-state index < -0.39 is 35.1 Å². The molecule has 3 amide bonds. The lowest BCUT2D eigenvalue weighted by Gasteiger charge is -2.40. The predicted octanol–water partition coefficient (Wildman–Crippen LogP) is 3.48. The summed E-state index contributed by atoms with van der Waals surface area (Å²) in [4.78, 5) is 50.1. The van der Waals surface area contributed by atoms with E-state index in [1.807, 2.05) is 45.0 Å². The number of likely N-dealkylation sites (tertiary alicyclic amines) is 1. The number of aliphatic hydroxyl groups is 1. The fourth-order valence-corrected chi connectivity index (χ4v) is 7.55. The van der Waals surface area contributed by atoms with Gasteiger partial charge in [-0.3, -0.25) is 14.4 Å². The third kappa shape index (κ3) is 4.94. The molecule has 3 fully saturated rings. The number of hydrogen-bond donors (Lipinski definition) is 1. The van der Waals surface area contributed by atoms with Crippen LogP contribution in [0.25, 0.3) is 0 Å². The first kappa shape index (κ1) is 31.8. The summed E-state index contributed by atoms with van der Waals surface area (Å²) < 4.78 is 6.79. The number of aliphatic hydroxyl groups excluding tert-OH is 1. The summed E-state index contributed by atoms with van der Waals surface area (Å²) in [7, 11) is 1.70. The molecule has 2 unspecified atom stereocenters. The van der Waals surface area contributed by atoms with E-state index in [9.17, 15) is 19.5 Å². The Hall–Kier alpha value is -3.17. The van der Waals surface area contributed by atoms with Crippen molar-refractivity contribution < 1.29 is 24.2 Å². The summed E-state index contributed by atoms with van der Waals surface area (Å²) in [6, 6.07) is 6.22. The Morgan fingerprint density at radius 1 is 1.07 bits per heavy atom. The van der Waals surface area contributed by atoms with Crippen molar-refractivity contribution in [3.8, 4) is 0 Å². The molecule has 0 aliphatic carbocycles. The zero-order valence-electron chi connectivity index (χ0n) is 26.1. The van der Waals surface area contributed by atoms with Crippen molar-refractivity contribution in [2.24, 2.45) is 17.8 Å². The van der Waals surface area contributed by atoms with Crippen molar-refractivity contribution in [3.05, 3.63) is 49.6 Å². The molecule has 4 rings (SSSR count). The minimum Gasteiger partial charge on any atom is -0.394 e. The molecule has 1 spiro atoms. The molecule has 0 saturated carbocycles. The monoisotopic (exact) mass is 580 g/mol. The summed E-state index contributed by atoms with van der Waals surface area (Å²) >= 11 is 0. The van der Waals surface area contributed by atoms with Gasteiger partial charge in [0.15, 0.2) is 0 Å². The lowest BCUT2D eigenvalue weighted by Crippen LogP contribution is -2.60. The molecule has 1 aromatic rings. The summed E-state index contributed by atoms with van der Waals surface area (Å²) in [5, 5.41) is 10.5. The SMILES string of the molecule is C=CCN(C)C(=O)[C@H]1[C@H]2C(=O)N([C@@H](CO)C(C)C)C(C(=O)N(CC=C)c3ccc(N(CC)CC)cc3)C23CC[C@]1(C)O3. The molecule has 3 aliphatic rings. The number of carbonyl (C=O) groups excluding carboxylic acids is 3. The number of fused-ring (bicyclic) bond motifs is 1. The molecule has 1 N–H and O–H groups in total. The number of hydrogen-bond acceptors (Lipinski definition) is 6. The van der Waals surface area contributed by atoms with Crippen LogP contribution in [0, 0.1) is 17.8 Å².